The Morgan fingerprint density at radius 1 is 0.657 bits per heavy atom. The summed E-state index contributed by atoms with van der Waals surface area (Å²) in [5.41, 5.74) is 12.5. The van der Waals surface area contributed by atoms with Crippen LogP contribution in [0, 0.1) is 26.6 Å². The fourth-order valence-electron chi connectivity index (χ4n) is 9.07. The van der Waals surface area contributed by atoms with Gasteiger partial charge in [-0.05, 0) is 138 Å². The number of fused-ring (bicyclic) bond motifs is 2. The molecule has 5 N–H and O–H groups in total. The third-order valence-electron chi connectivity index (χ3n) is 13.1. The molecule has 0 saturated carbocycles. The maximum atomic E-state index is 14.8. The first kappa shape index (κ1) is 44.9. The Balaban J connectivity index is 0.000000168. The molecule has 344 valence electrons. The van der Waals surface area contributed by atoms with Crippen molar-refractivity contribution >= 4 is 35.1 Å². The summed E-state index contributed by atoms with van der Waals surface area (Å²) < 4.78 is 18.4. The van der Waals surface area contributed by atoms with Crippen molar-refractivity contribution in [2.24, 2.45) is 0 Å². The highest BCUT2D eigenvalue weighted by Gasteiger charge is 2.29. The number of halogens is 1. The second-order valence-corrected chi connectivity index (χ2v) is 17.9. The molecule has 6 heterocycles. The van der Waals surface area contributed by atoms with Gasteiger partial charge < -0.3 is 26.6 Å². The van der Waals surface area contributed by atoms with E-state index in [-0.39, 0.29) is 29.6 Å². The summed E-state index contributed by atoms with van der Waals surface area (Å²) in [5, 5.41) is 25.3. The second-order valence-electron chi connectivity index (χ2n) is 17.9. The Hall–Kier alpha value is -7.26. The van der Waals surface area contributed by atoms with Crippen molar-refractivity contribution in [1.82, 2.24) is 50.5 Å². The molecule has 4 atom stereocenters. The maximum Gasteiger partial charge on any atom is 0.252 e. The first-order chi connectivity index (χ1) is 32.3. The number of pyridine rings is 1. The standard InChI is InChI=1S/C26H25FN6O.C26H32N6O/c1-5-33-26(30-23-12-20-16(4)29-25(34)21(20)11-22(23)27)31-24(32-33)19-9-8-17(10-14(19)2)18-7-6-15(3)28-13-18;1-5-32-26(29-23-13-21-17(4)28-25(33)22(21)12-15(23)2)30-24(31-32)19-10-8-18(9-11-19)20-7-6-16(3)27-14-20/h6-13,16H,5H2,1-4H3,(H,29,34)(H,30,31,32);8-13,16-17,20,27H,5-7,14H2,1-4H3,(H,28,33)(H,29,30,31). The Bertz CT molecular complexity index is 2990. The van der Waals surface area contributed by atoms with E-state index in [1.165, 1.54) is 24.5 Å². The van der Waals surface area contributed by atoms with Crippen LogP contribution in [-0.2, 0) is 13.1 Å². The van der Waals surface area contributed by atoms with Crippen molar-refractivity contribution < 1.29 is 14.0 Å². The molecule has 10 rings (SSSR count). The maximum absolute atomic E-state index is 14.8. The predicted octanol–water partition coefficient (Wildman–Crippen LogP) is 10.0. The number of hydrogen-bond acceptors (Lipinski definition) is 10. The van der Waals surface area contributed by atoms with Crippen LogP contribution >= 0.6 is 0 Å². The summed E-state index contributed by atoms with van der Waals surface area (Å²) in [5.74, 6) is 2.21. The van der Waals surface area contributed by atoms with E-state index >= 15 is 0 Å². The molecule has 0 spiro atoms. The molecule has 15 heteroatoms. The topological polar surface area (TPSA) is 169 Å². The van der Waals surface area contributed by atoms with E-state index in [1.807, 2.05) is 76.7 Å². The molecule has 0 aliphatic carbocycles. The summed E-state index contributed by atoms with van der Waals surface area (Å²) in [4.78, 5) is 38.0. The van der Waals surface area contributed by atoms with Crippen LogP contribution in [0.25, 0.3) is 33.9 Å². The third kappa shape index (κ3) is 9.15. The molecule has 0 bridgehead atoms. The fourth-order valence-corrected chi connectivity index (χ4v) is 9.07. The number of rotatable bonds is 10. The Morgan fingerprint density at radius 3 is 1.87 bits per heavy atom. The zero-order valence-corrected chi connectivity index (χ0v) is 39.3. The normalized spacial score (nSPS) is 18.4. The van der Waals surface area contributed by atoms with Crippen molar-refractivity contribution in [3.05, 3.63) is 136 Å². The summed E-state index contributed by atoms with van der Waals surface area (Å²) in [6.45, 7) is 18.4. The molecular weight excluding hydrogens is 844 g/mol. The van der Waals surface area contributed by atoms with E-state index in [2.05, 4.69) is 98.0 Å². The number of nitrogens with one attached hydrogen (secondary N) is 5. The number of carbonyl (C=O) groups excluding carboxylic acids is 2. The molecule has 3 aliphatic heterocycles. The number of benzene rings is 4. The smallest absolute Gasteiger partial charge is 0.252 e. The monoisotopic (exact) mass is 900 g/mol. The van der Waals surface area contributed by atoms with Crippen LogP contribution in [0.1, 0.15) is 120 Å². The van der Waals surface area contributed by atoms with Gasteiger partial charge in [0.1, 0.15) is 5.82 Å². The minimum Gasteiger partial charge on any atom is -0.345 e. The van der Waals surface area contributed by atoms with Gasteiger partial charge in [0.15, 0.2) is 11.6 Å². The lowest BCUT2D eigenvalue weighted by Gasteiger charge is -2.28. The van der Waals surface area contributed by atoms with Crippen LogP contribution in [0.4, 0.5) is 27.7 Å². The van der Waals surface area contributed by atoms with Crippen molar-refractivity contribution in [3.63, 3.8) is 0 Å². The first-order valence-electron chi connectivity index (χ1n) is 23.2. The number of aryl methyl sites for hydroxylation is 5. The molecule has 1 fully saturated rings. The summed E-state index contributed by atoms with van der Waals surface area (Å²) in [7, 11) is 0. The number of hydrogen-bond donors (Lipinski definition) is 5. The van der Waals surface area contributed by atoms with Crippen molar-refractivity contribution in [1.29, 1.82) is 0 Å². The van der Waals surface area contributed by atoms with E-state index in [4.69, 9.17) is 10.1 Å². The van der Waals surface area contributed by atoms with E-state index in [0.29, 0.717) is 54.2 Å². The molecule has 4 aromatic carbocycles. The molecule has 2 amide bonds. The van der Waals surface area contributed by atoms with Gasteiger partial charge in [-0.1, -0.05) is 48.5 Å². The molecule has 67 heavy (non-hydrogen) atoms. The molecule has 7 aromatic rings. The Labute approximate surface area is 390 Å². The molecule has 1 saturated heterocycles. The fraction of sp³-hybridized carbons (Fsp3) is 0.327. The predicted molar refractivity (Wildman–Crippen MR) is 260 cm³/mol. The summed E-state index contributed by atoms with van der Waals surface area (Å²) >= 11 is 0. The van der Waals surface area contributed by atoms with Crippen LogP contribution in [-0.4, -0.2) is 58.9 Å². The van der Waals surface area contributed by atoms with Crippen LogP contribution in [0.2, 0.25) is 0 Å². The lowest BCUT2D eigenvalue weighted by Crippen LogP contribution is -2.35. The highest BCUT2D eigenvalue weighted by Crippen LogP contribution is 2.35. The van der Waals surface area contributed by atoms with E-state index < -0.39 is 5.82 Å². The third-order valence-corrected chi connectivity index (χ3v) is 13.1. The lowest BCUT2D eigenvalue weighted by molar-refractivity contribution is 0.0950. The van der Waals surface area contributed by atoms with Gasteiger partial charge in [0, 0.05) is 71.1 Å². The van der Waals surface area contributed by atoms with Gasteiger partial charge in [0.25, 0.3) is 11.8 Å². The SMILES string of the molecule is CCn1nc(-c2ccc(-c3ccc(C)nc3)cc2C)nc1Nc1cc2c(cc1F)C(=O)NC2C.CCn1nc(-c2ccc(C3CCC(C)NC3)cc2)nc1Nc1cc2c(cc1C)C(=O)NC2C. The van der Waals surface area contributed by atoms with Crippen molar-refractivity contribution in [2.45, 2.75) is 105 Å². The first-order valence-corrected chi connectivity index (χ1v) is 23.2. The second kappa shape index (κ2) is 18.6. The highest BCUT2D eigenvalue weighted by molar-refractivity contribution is 6.00. The molecule has 4 unspecified atom stereocenters. The van der Waals surface area contributed by atoms with Crippen LogP contribution in [0.3, 0.4) is 0 Å². The van der Waals surface area contributed by atoms with Crippen LogP contribution in [0.5, 0.6) is 0 Å². The van der Waals surface area contributed by atoms with E-state index in [1.54, 1.807) is 10.7 Å². The average molecular weight is 901 g/mol. The highest BCUT2D eigenvalue weighted by atomic mass is 19.1. The Kier molecular flexibility index (Phi) is 12.4. The van der Waals surface area contributed by atoms with Gasteiger partial charge in [0.2, 0.25) is 11.9 Å². The van der Waals surface area contributed by atoms with Gasteiger partial charge in [-0.15, -0.1) is 10.2 Å². The molecule has 14 nitrogen and oxygen atoms in total. The summed E-state index contributed by atoms with van der Waals surface area (Å²) in [6, 6.07) is 26.2. The molecular formula is C52H57FN12O2. The quantitative estimate of drug-likeness (QED) is 0.0891. The van der Waals surface area contributed by atoms with Crippen molar-refractivity contribution in [3.8, 4) is 33.9 Å². The zero-order valence-electron chi connectivity index (χ0n) is 39.3. The van der Waals surface area contributed by atoms with Gasteiger partial charge in [0.05, 0.1) is 17.8 Å². The van der Waals surface area contributed by atoms with Gasteiger partial charge >= 0.3 is 0 Å². The molecule has 3 aliphatic rings. The minimum atomic E-state index is -0.512. The molecule has 3 aromatic heterocycles. The van der Waals surface area contributed by atoms with E-state index in [0.717, 1.165) is 68.0 Å². The van der Waals surface area contributed by atoms with Crippen LogP contribution < -0.4 is 26.6 Å². The number of piperidine rings is 1. The summed E-state index contributed by atoms with van der Waals surface area (Å²) in [6.07, 6.45) is 4.31. The van der Waals surface area contributed by atoms with Gasteiger partial charge in [-0.2, -0.15) is 9.97 Å². The Morgan fingerprint density at radius 2 is 1.25 bits per heavy atom. The number of aromatic nitrogens is 7. The number of amides is 2. The largest absolute Gasteiger partial charge is 0.345 e. The zero-order chi connectivity index (χ0) is 47.1. The van der Waals surface area contributed by atoms with Gasteiger partial charge in [-0.25, -0.2) is 13.8 Å². The van der Waals surface area contributed by atoms with Gasteiger partial charge in [-0.3, -0.25) is 14.6 Å². The minimum absolute atomic E-state index is 0.00636. The average Bonchev–Trinajstić information content (AvgIpc) is 4.07. The molecule has 0 radical (unpaired) electrons. The lowest BCUT2D eigenvalue weighted by atomic mass is 9.89. The number of carbonyl (C=O) groups is 2. The van der Waals surface area contributed by atoms with E-state index in [9.17, 15) is 14.0 Å². The van der Waals surface area contributed by atoms with Crippen LogP contribution in [0.15, 0.2) is 85.1 Å². The number of anilines is 4. The number of nitrogens with zero attached hydrogens (tertiary/aromatic N) is 7. The van der Waals surface area contributed by atoms with Crippen molar-refractivity contribution in [2.75, 3.05) is 17.2 Å².